The highest BCUT2D eigenvalue weighted by Crippen LogP contribution is 2.30. The molecule has 0 aliphatic rings. The van der Waals surface area contributed by atoms with Crippen LogP contribution in [0, 0.1) is 0 Å². The van der Waals surface area contributed by atoms with Crippen molar-refractivity contribution in [3.8, 4) is 16.1 Å². The number of aromatic amines is 1. The Balaban J connectivity index is 1.82. The average Bonchev–Trinajstić information content (AvgIpc) is 3.33. The van der Waals surface area contributed by atoms with Crippen molar-refractivity contribution in [2.45, 2.75) is 0 Å². The van der Waals surface area contributed by atoms with Crippen molar-refractivity contribution in [3.63, 3.8) is 0 Å². The third-order valence-electron chi connectivity index (χ3n) is 4.24. The van der Waals surface area contributed by atoms with Crippen LogP contribution in [0.4, 0.5) is 0 Å². The summed E-state index contributed by atoms with van der Waals surface area (Å²) in [6.45, 7) is 0. The molecule has 4 aromatic heterocycles. The van der Waals surface area contributed by atoms with Crippen molar-refractivity contribution in [1.82, 2.24) is 19.7 Å². The monoisotopic (exact) mass is 344 g/mol. The molecule has 0 aliphatic heterocycles. The van der Waals surface area contributed by atoms with Gasteiger partial charge in [-0.3, -0.25) is 14.5 Å². The summed E-state index contributed by atoms with van der Waals surface area (Å²) in [4.78, 5) is 18.6. The smallest absolute Gasteiger partial charge is 0.267 e. The number of nitrogens with one attached hydrogen (secondary N) is 1. The minimum absolute atomic E-state index is 0.118. The van der Waals surface area contributed by atoms with Crippen LogP contribution in [0.3, 0.4) is 0 Å². The van der Waals surface area contributed by atoms with E-state index in [1.54, 1.807) is 28.3 Å². The number of fused-ring (bicyclic) bond motifs is 3. The summed E-state index contributed by atoms with van der Waals surface area (Å²) in [5.41, 5.74) is 3.19. The van der Waals surface area contributed by atoms with Crippen molar-refractivity contribution in [2.24, 2.45) is 0 Å². The summed E-state index contributed by atoms with van der Waals surface area (Å²) in [6, 6.07) is 16.0. The fraction of sp³-hybridized carbons (Fsp3) is 0. The normalized spacial score (nSPS) is 11.4. The second kappa shape index (κ2) is 5.39. The molecule has 1 aromatic carbocycles. The summed E-state index contributed by atoms with van der Waals surface area (Å²) >= 11 is 1.61. The van der Waals surface area contributed by atoms with Gasteiger partial charge in [0.2, 0.25) is 0 Å². The van der Waals surface area contributed by atoms with E-state index >= 15 is 0 Å². The SMILES string of the molecule is O=c1c2cn[nH]c2c2cccnc2n1-c1csc(-c2ccccc2)c1. The summed E-state index contributed by atoms with van der Waals surface area (Å²) in [7, 11) is 0. The molecule has 0 atom stereocenters. The van der Waals surface area contributed by atoms with Gasteiger partial charge in [-0.2, -0.15) is 5.10 Å². The highest BCUT2D eigenvalue weighted by atomic mass is 32.1. The van der Waals surface area contributed by atoms with Crippen LogP contribution in [-0.4, -0.2) is 19.7 Å². The van der Waals surface area contributed by atoms with Gasteiger partial charge in [0.05, 0.1) is 22.8 Å². The molecule has 0 amide bonds. The number of thiophene rings is 1. The highest BCUT2D eigenvalue weighted by molar-refractivity contribution is 7.13. The quantitative estimate of drug-likeness (QED) is 0.527. The van der Waals surface area contributed by atoms with Gasteiger partial charge in [-0.25, -0.2) is 4.98 Å². The lowest BCUT2D eigenvalue weighted by molar-refractivity contribution is 1.04. The second-order valence-corrected chi connectivity index (χ2v) is 6.62. The maximum absolute atomic E-state index is 13.0. The molecule has 4 heterocycles. The van der Waals surface area contributed by atoms with Crippen molar-refractivity contribution >= 4 is 33.3 Å². The van der Waals surface area contributed by atoms with Gasteiger partial charge in [0, 0.05) is 21.8 Å². The predicted molar refractivity (Wildman–Crippen MR) is 100 cm³/mol. The van der Waals surface area contributed by atoms with E-state index in [9.17, 15) is 4.79 Å². The molecule has 5 rings (SSSR count). The minimum Gasteiger partial charge on any atom is -0.277 e. The topological polar surface area (TPSA) is 63.6 Å². The van der Waals surface area contributed by atoms with Crippen LogP contribution in [0.2, 0.25) is 0 Å². The van der Waals surface area contributed by atoms with Crippen LogP contribution in [0.25, 0.3) is 38.1 Å². The zero-order valence-corrected chi connectivity index (χ0v) is 13.8. The largest absolute Gasteiger partial charge is 0.277 e. The molecule has 0 saturated heterocycles. The highest BCUT2D eigenvalue weighted by Gasteiger charge is 2.15. The zero-order valence-electron chi connectivity index (χ0n) is 13.0. The van der Waals surface area contributed by atoms with Crippen LogP contribution in [0.1, 0.15) is 0 Å². The minimum atomic E-state index is -0.118. The van der Waals surface area contributed by atoms with Crippen molar-refractivity contribution in [1.29, 1.82) is 0 Å². The van der Waals surface area contributed by atoms with E-state index in [-0.39, 0.29) is 5.56 Å². The third kappa shape index (κ3) is 2.11. The first-order valence-electron chi connectivity index (χ1n) is 7.80. The molecule has 0 aliphatic carbocycles. The van der Waals surface area contributed by atoms with E-state index in [1.807, 2.05) is 41.8 Å². The van der Waals surface area contributed by atoms with Crippen LogP contribution < -0.4 is 5.56 Å². The standard InChI is InChI=1S/C19H12N4OS/c24-19-15-10-21-22-17(15)14-7-4-8-20-18(14)23(19)13-9-16(25-11-13)12-5-2-1-3-6-12/h1-11H,(H,21,22). The van der Waals surface area contributed by atoms with Gasteiger partial charge in [-0.05, 0) is 23.8 Å². The van der Waals surface area contributed by atoms with Crippen molar-refractivity contribution in [2.75, 3.05) is 0 Å². The van der Waals surface area contributed by atoms with Gasteiger partial charge >= 0.3 is 0 Å². The molecule has 0 spiro atoms. The van der Waals surface area contributed by atoms with Gasteiger partial charge in [0.25, 0.3) is 5.56 Å². The summed E-state index contributed by atoms with van der Waals surface area (Å²) < 4.78 is 1.66. The molecule has 0 bridgehead atoms. The Bertz CT molecular complexity index is 1270. The van der Waals surface area contributed by atoms with Gasteiger partial charge in [0.15, 0.2) is 0 Å². The Morgan fingerprint density at radius 1 is 1.04 bits per heavy atom. The van der Waals surface area contributed by atoms with Gasteiger partial charge < -0.3 is 0 Å². The van der Waals surface area contributed by atoms with E-state index in [0.29, 0.717) is 11.0 Å². The van der Waals surface area contributed by atoms with E-state index in [0.717, 1.165) is 27.0 Å². The van der Waals surface area contributed by atoms with Crippen molar-refractivity contribution in [3.05, 3.63) is 76.7 Å². The maximum atomic E-state index is 13.0. The molecule has 6 heteroatoms. The first-order valence-corrected chi connectivity index (χ1v) is 8.68. The summed E-state index contributed by atoms with van der Waals surface area (Å²) in [6.07, 6.45) is 3.27. The lowest BCUT2D eigenvalue weighted by atomic mass is 10.2. The van der Waals surface area contributed by atoms with Crippen LogP contribution >= 0.6 is 11.3 Å². The lowest BCUT2D eigenvalue weighted by Gasteiger charge is -2.08. The summed E-state index contributed by atoms with van der Waals surface area (Å²) in [5.74, 6) is 0. The molecule has 25 heavy (non-hydrogen) atoms. The summed E-state index contributed by atoms with van der Waals surface area (Å²) in [5, 5.41) is 10.4. The average molecular weight is 344 g/mol. The molecule has 0 radical (unpaired) electrons. The first-order chi connectivity index (χ1) is 12.3. The molecule has 1 N–H and O–H groups in total. The number of hydrogen-bond donors (Lipinski definition) is 1. The lowest BCUT2D eigenvalue weighted by Crippen LogP contribution is -2.19. The molecule has 5 aromatic rings. The zero-order chi connectivity index (χ0) is 16.8. The third-order valence-corrected chi connectivity index (χ3v) is 5.21. The first kappa shape index (κ1) is 14.1. The number of pyridine rings is 2. The van der Waals surface area contributed by atoms with Gasteiger partial charge in [-0.1, -0.05) is 30.3 Å². The molecule has 0 fully saturated rings. The number of H-pyrrole nitrogens is 1. The van der Waals surface area contributed by atoms with Crippen LogP contribution in [-0.2, 0) is 0 Å². The Kier molecular flexibility index (Phi) is 3.05. The van der Waals surface area contributed by atoms with E-state index in [1.165, 1.54) is 0 Å². The fourth-order valence-electron chi connectivity index (χ4n) is 3.08. The fourth-order valence-corrected chi connectivity index (χ4v) is 3.96. The number of rotatable bonds is 2. The maximum Gasteiger partial charge on any atom is 0.267 e. The van der Waals surface area contributed by atoms with Gasteiger partial charge in [0.1, 0.15) is 5.65 Å². The van der Waals surface area contributed by atoms with Crippen molar-refractivity contribution < 1.29 is 0 Å². The van der Waals surface area contributed by atoms with Gasteiger partial charge in [-0.15, -0.1) is 11.3 Å². The van der Waals surface area contributed by atoms with E-state index < -0.39 is 0 Å². The number of aromatic nitrogens is 4. The van der Waals surface area contributed by atoms with E-state index in [2.05, 4.69) is 27.3 Å². The molecule has 120 valence electrons. The van der Waals surface area contributed by atoms with Crippen LogP contribution in [0.15, 0.2) is 71.1 Å². The molecule has 5 nitrogen and oxygen atoms in total. The predicted octanol–water partition coefficient (Wildman–Crippen LogP) is 3.99. The Morgan fingerprint density at radius 2 is 1.92 bits per heavy atom. The second-order valence-electron chi connectivity index (χ2n) is 5.71. The number of hydrogen-bond acceptors (Lipinski definition) is 4. The Hall–Kier alpha value is -3.25. The number of nitrogens with zero attached hydrogens (tertiary/aromatic N) is 3. The molecule has 0 saturated carbocycles. The van der Waals surface area contributed by atoms with Crippen LogP contribution in [0.5, 0.6) is 0 Å². The molecular formula is C19H12N4OS. The molecular weight excluding hydrogens is 332 g/mol. The number of benzene rings is 1. The Morgan fingerprint density at radius 3 is 2.80 bits per heavy atom. The molecule has 0 unspecified atom stereocenters. The van der Waals surface area contributed by atoms with E-state index in [4.69, 9.17) is 0 Å². The Labute approximate surface area is 146 Å².